The van der Waals surface area contributed by atoms with Gasteiger partial charge in [0.25, 0.3) is 0 Å². The molecule has 2 aromatic rings. The fourth-order valence-corrected chi connectivity index (χ4v) is 2.71. The van der Waals surface area contributed by atoms with Gasteiger partial charge in [0.1, 0.15) is 12.4 Å². The topological polar surface area (TPSA) is 46.9 Å². The number of amides is 1. The Morgan fingerprint density at radius 1 is 1.47 bits per heavy atom. The number of rotatable bonds is 4. The fraction of sp³-hybridized carbons (Fsp3) is 0.231. The molecule has 0 aliphatic heterocycles. The Balaban J connectivity index is 2.19. The number of benzene rings is 1. The molecule has 1 heterocycles. The van der Waals surface area contributed by atoms with Crippen LogP contribution in [-0.4, -0.2) is 22.5 Å². The van der Waals surface area contributed by atoms with Gasteiger partial charge in [0, 0.05) is 35.4 Å². The van der Waals surface area contributed by atoms with E-state index in [9.17, 15) is 4.79 Å². The Morgan fingerprint density at radius 2 is 2.26 bits per heavy atom. The summed E-state index contributed by atoms with van der Waals surface area (Å²) in [5, 5.41) is 3.27. The number of nitrogens with one attached hydrogen (secondary N) is 1. The maximum Gasteiger partial charge on any atom is 0.239 e. The Morgan fingerprint density at radius 3 is 2.95 bits per heavy atom. The van der Waals surface area contributed by atoms with Crippen LogP contribution in [-0.2, 0) is 17.8 Å². The van der Waals surface area contributed by atoms with E-state index < -0.39 is 0 Å². The van der Waals surface area contributed by atoms with Crippen molar-refractivity contribution in [3.8, 4) is 0 Å². The largest absolute Gasteiger partial charge is 0.358 e. The van der Waals surface area contributed by atoms with Crippen molar-refractivity contribution in [3.63, 3.8) is 0 Å². The number of halogens is 2. The lowest BCUT2D eigenvalue weighted by molar-refractivity contribution is -0.121. The highest BCUT2D eigenvalue weighted by molar-refractivity contribution is 9.10. The van der Waals surface area contributed by atoms with Crippen LogP contribution in [0.2, 0.25) is 5.02 Å². The Labute approximate surface area is 124 Å². The standard InChI is InChI=1S/C13H13BrClN3O/c1-16-13(19)8-18-3-2-17-12(18)6-9-4-10(14)7-11(15)5-9/h2-5,7H,6,8H2,1H3,(H,16,19). The predicted octanol–water partition coefficient (Wildman–Crippen LogP) is 2.64. The van der Waals surface area contributed by atoms with Crippen molar-refractivity contribution in [1.29, 1.82) is 0 Å². The van der Waals surface area contributed by atoms with Gasteiger partial charge in [-0.05, 0) is 23.8 Å². The second-order valence-corrected chi connectivity index (χ2v) is 5.45. The lowest BCUT2D eigenvalue weighted by atomic mass is 10.1. The highest BCUT2D eigenvalue weighted by Gasteiger charge is 2.08. The molecule has 2 rings (SSSR count). The molecule has 6 heteroatoms. The van der Waals surface area contributed by atoms with Crippen molar-refractivity contribution >= 4 is 33.4 Å². The average Bonchev–Trinajstić information content (AvgIpc) is 2.75. The summed E-state index contributed by atoms with van der Waals surface area (Å²) in [6.07, 6.45) is 4.12. The summed E-state index contributed by atoms with van der Waals surface area (Å²) in [4.78, 5) is 15.7. The van der Waals surface area contributed by atoms with Gasteiger partial charge in [-0.15, -0.1) is 0 Å². The number of carbonyl (C=O) groups excluding carboxylic acids is 1. The summed E-state index contributed by atoms with van der Waals surface area (Å²) in [5.74, 6) is 0.782. The van der Waals surface area contributed by atoms with Crippen molar-refractivity contribution in [2.75, 3.05) is 7.05 Å². The quantitative estimate of drug-likeness (QED) is 0.928. The first-order valence-electron chi connectivity index (χ1n) is 5.74. The Kier molecular flexibility index (Phi) is 4.61. The SMILES string of the molecule is CNC(=O)Cn1ccnc1Cc1cc(Cl)cc(Br)c1. The molecule has 0 bridgehead atoms. The van der Waals surface area contributed by atoms with Crippen LogP contribution in [0.25, 0.3) is 0 Å². The van der Waals surface area contributed by atoms with Gasteiger partial charge in [-0.3, -0.25) is 4.79 Å². The molecule has 0 aliphatic carbocycles. The number of hydrogen-bond acceptors (Lipinski definition) is 2. The molecule has 0 fully saturated rings. The summed E-state index contributed by atoms with van der Waals surface area (Å²) in [5.41, 5.74) is 1.05. The lowest BCUT2D eigenvalue weighted by Crippen LogP contribution is -2.24. The smallest absolute Gasteiger partial charge is 0.239 e. The molecule has 4 nitrogen and oxygen atoms in total. The van der Waals surface area contributed by atoms with Gasteiger partial charge in [0.2, 0.25) is 5.91 Å². The zero-order chi connectivity index (χ0) is 13.8. The molecule has 0 spiro atoms. The number of aromatic nitrogens is 2. The van der Waals surface area contributed by atoms with E-state index in [0.717, 1.165) is 15.9 Å². The van der Waals surface area contributed by atoms with Crippen LogP contribution in [0.3, 0.4) is 0 Å². The summed E-state index contributed by atoms with van der Waals surface area (Å²) >= 11 is 9.43. The van der Waals surface area contributed by atoms with Crippen LogP contribution in [0.1, 0.15) is 11.4 Å². The molecule has 0 saturated carbocycles. The molecular formula is C13H13BrClN3O. The minimum Gasteiger partial charge on any atom is -0.358 e. The van der Waals surface area contributed by atoms with Gasteiger partial charge in [-0.2, -0.15) is 0 Å². The van der Waals surface area contributed by atoms with E-state index >= 15 is 0 Å². The molecule has 0 atom stereocenters. The number of nitrogens with zero attached hydrogens (tertiary/aromatic N) is 2. The molecule has 0 unspecified atom stereocenters. The van der Waals surface area contributed by atoms with Crippen LogP contribution >= 0.6 is 27.5 Å². The first-order chi connectivity index (χ1) is 9.08. The van der Waals surface area contributed by atoms with Gasteiger partial charge in [-0.25, -0.2) is 4.98 Å². The summed E-state index contributed by atoms with van der Waals surface area (Å²) in [6, 6.07) is 5.72. The normalized spacial score (nSPS) is 10.5. The van der Waals surface area contributed by atoms with E-state index in [1.807, 2.05) is 22.8 Å². The third-order valence-corrected chi connectivity index (χ3v) is 3.36. The first-order valence-corrected chi connectivity index (χ1v) is 6.91. The van der Waals surface area contributed by atoms with Gasteiger partial charge < -0.3 is 9.88 Å². The number of imidazole rings is 1. The second-order valence-electron chi connectivity index (χ2n) is 4.10. The van der Waals surface area contributed by atoms with Crippen LogP contribution in [0.4, 0.5) is 0 Å². The molecule has 100 valence electrons. The van der Waals surface area contributed by atoms with Crippen LogP contribution < -0.4 is 5.32 Å². The van der Waals surface area contributed by atoms with Crippen LogP contribution in [0.15, 0.2) is 35.1 Å². The minimum atomic E-state index is -0.0495. The first kappa shape index (κ1) is 14.1. The summed E-state index contributed by atoms with van der Waals surface area (Å²) in [6.45, 7) is 0.271. The maximum atomic E-state index is 11.4. The summed E-state index contributed by atoms with van der Waals surface area (Å²) in [7, 11) is 1.62. The highest BCUT2D eigenvalue weighted by atomic mass is 79.9. The predicted molar refractivity (Wildman–Crippen MR) is 78.3 cm³/mol. The highest BCUT2D eigenvalue weighted by Crippen LogP contribution is 2.21. The third kappa shape index (κ3) is 3.81. The molecular weight excluding hydrogens is 330 g/mol. The van der Waals surface area contributed by atoms with Gasteiger partial charge in [0.05, 0.1) is 0 Å². The van der Waals surface area contributed by atoms with Crippen molar-refractivity contribution in [1.82, 2.24) is 14.9 Å². The Hall–Kier alpha value is -1.33. The molecule has 0 radical (unpaired) electrons. The molecule has 1 amide bonds. The molecule has 0 saturated heterocycles. The molecule has 0 aliphatic rings. The number of likely N-dealkylation sites (N-methyl/N-ethyl adjacent to an activating group) is 1. The molecule has 1 aromatic carbocycles. The second kappa shape index (κ2) is 6.21. The molecule has 19 heavy (non-hydrogen) atoms. The van der Waals surface area contributed by atoms with Crippen LogP contribution in [0.5, 0.6) is 0 Å². The van der Waals surface area contributed by atoms with Gasteiger partial charge in [0.15, 0.2) is 0 Å². The fourth-order valence-electron chi connectivity index (χ4n) is 1.78. The van der Waals surface area contributed by atoms with Crippen LogP contribution in [0, 0.1) is 0 Å². The van der Waals surface area contributed by atoms with E-state index in [-0.39, 0.29) is 12.5 Å². The van der Waals surface area contributed by atoms with E-state index in [2.05, 4.69) is 26.2 Å². The number of carbonyl (C=O) groups is 1. The van der Waals surface area contributed by atoms with E-state index in [0.29, 0.717) is 11.4 Å². The van der Waals surface area contributed by atoms with Gasteiger partial charge in [-0.1, -0.05) is 27.5 Å². The number of hydrogen-bond donors (Lipinski definition) is 1. The average molecular weight is 343 g/mol. The van der Waals surface area contributed by atoms with Crippen molar-refractivity contribution in [3.05, 3.63) is 51.5 Å². The van der Waals surface area contributed by atoms with E-state index in [1.54, 1.807) is 19.4 Å². The minimum absolute atomic E-state index is 0.0495. The van der Waals surface area contributed by atoms with Crippen molar-refractivity contribution in [2.24, 2.45) is 0 Å². The van der Waals surface area contributed by atoms with E-state index in [4.69, 9.17) is 11.6 Å². The Bertz CT molecular complexity index is 577. The zero-order valence-corrected chi connectivity index (χ0v) is 12.7. The van der Waals surface area contributed by atoms with E-state index in [1.165, 1.54) is 0 Å². The molecule has 1 aromatic heterocycles. The maximum absolute atomic E-state index is 11.4. The zero-order valence-electron chi connectivity index (χ0n) is 10.4. The summed E-state index contributed by atoms with van der Waals surface area (Å²) < 4.78 is 2.76. The third-order valence-electron chi connectivity index (χ3n) is 2.68. The van der Waals surface area contributed by atoms with Gasteiger partial charge >= 0.3 is 0 Å². The lowest BCUT2D eigenvalue weighted by Gasteiger charge is -2.07. The monoisotopic (exact) mass is 341 g/mol. The van der Waals surface area contributed by atoms with Crippen molar-refractivity contribution < 1.29 is 4.79 Å². The molecule has 1 N–H and O–H groups in total. The van der Waals surface area contributed by atoms with Crippen molar-refractivity contribution in [2.45, 2.75) is 13.0 Å².